The minimum Gasteiger partial charge on any atom is -0.332 e. The first-order valence-electron chi connectivity index (χ1n) is 5.68. The summed E-state index contributed by atoms with van der Waals surface area (Å²) in [7, 11) is 0. The van der Waals surface area contributed by atoms with Gasteiger partial charge in [-0.15, -0.1) is 0 Å². The maximum Gasteiger partial charge on any atom is 0.229 e. The molecule has 1 aromatic heterocycles. The summed E-state index contributed by atoms with van der Waals surface area (Å²) in [5.41, 5.74) is 2.72. The van der Waals surface area contributed by atoms with Gasteiger partial charge in [0.05, 0.1) is 0 Å². The molecule has 2 aromatic rings. The van der Waals surface area contributed by atoms with Gasteiger partial charge in [0.15, 0.2) is 5.11 Å². The van der Waals surface area contributed by atoms with E-state index in [0.717, 1.165) is 16.9 Å². The molecule has 1 heterocycles. The van der Waals surface area contributed by atoms with E-state index in [1.807, 2.05) is 38.1 Å². The van der Waals surface area contributed by atoms with Gasteiger partial charge in [-0.25, -0.2) is 9.97 Å². The number of hydrogen-bond donors (Lipinski definition) is 2. The lowest BCUT2D eigenvalue weighted by atomic mass is 10.2. The highest BCUT2D eigenvalue weighted by atomic mass is 35.5. The van der Waals surface area contributed by atoms with Crippen molar-refractivity contribution in [3.05, 3.63) is 46.7 Å². The quantitative estimate of drug-likeness (QED) is 0.829. The van der Waals surface area contributed by atoms with E-state index < -0.39 is 0 Å². The van der Waals surface area contributed by atoms with Crippen molar-refractivity contribution in [2.45, 2.75) is 13.8 Å². The van der Waals surface area contributed by atoms with Crippen LogP contribution in [-0.4, -0.2) is 15.1 Å². The number of aryl methyl sites for hydroxylation is 2. The van der Waals surface area contributed by atoms with E-state index in [0.29, 0.717) is 16.1 Å². The van der Waals surface area contributed by atoms with Crippen LogP contribution in [0.5, 0.6) is 0 Å². The Bertz CT molecular complexity index is 615. The van der Waals surface area contributed by atoms with Crippen molar-refractivity contribution >= 4 is 40.6 Å². The molecule has 0 fully saturated rings. The number of benzene rings is 1. The fourth-order valence-corrected chi connectivity index (χ4v) is 1.83. The summed E-state index contributed by atoms with van der Waals surface area (Å²) >= 11 is 11.2. The van der Waals surface area contributed by atoms with Crippen LogP contribution in [0.2, 0.25) is 5.02 Å². The summed E-state index contributed by atoms with van der Waals surface area (Å²) in [6.45, 7) is 3.84. The van der Waals surface area contributed by atoms with Gasteiger partial charge in [0.1, 0.15) is 0 Å². The Hall–Kier alpha value is -1.72. The topological polar surface area (TPSA) is 49.8 Å². The van der Waals surface area contributed by atoms with Crippen molar-refractivity contribution in [2.24, 2.45) is 0 Å². The van der Waals surface area contributed by atoms with Crippen LogP contribution in [0.3, 0.4) is 0 Å². The van der Waals surface area contributed by atoms with Gasteiger partial charge in [-0.1, -0.05) is 17.7 Å². The molecule has 0 saturated heterocycles. The van der Waals surface area contributed by atoms with Gasteiger partial charge in [-0.3, -0.25) is 0 Å². The molecule has 19 heavy (non-hydrogen) atoms. The van der Waals surface area contributed by atoms with Gasteiger partial charge in [-0.05, 0) is 49.8 Å². The summed E-state index contributed by atoms with van der Waals surface area (Å²) in [5.74, 6) is 0.468. The molecule has 0 amide bonds. The average Bonchev–Trinajstić information content (AvgIpc) is 2.34. The van der Waals surface area contributed by atoms with E-state index in [4.69, 9.17) is 23.8 Å². The lowest BCUT2D eigenvalue weighted by Crippen LogP contribution is -2.20. The Labute approximate surface area is 122 Å². The first kappa shape index (κ1) is 13.7. The maximum atomic E-state index is 6.05. The first-order chi connectivity index (χ1) is 9.04. The zero-order valence-electron chi connectivity index (χ0n) is 10.6. The van der Waals surface area contributed by atoms with Crippen LogP contribution in [0.25, 0.3) is 0 Å². The van der Waals surface area contributed by atoms with Crippen LogP contribution >= 0.6 is 23.8 Å². The lowest BCUT2D eigenvalue weighted by molar-refractivity contribution is 1.11. The molecule has 0 atom stereocenters. The van der Waals surface area contributed by atoms with Gasteiger partial charge in [0.25, 0.3) is 0 Å². The number of thiocarbonyl (C=S) groups is 1. The second-order valence-electron chi connectivity index (χ2n) is 4.06. The number of anilines is 2. The van der Waals surface area contributed by atoms with E-state index in [2.05, 4.69) is 20.6 Å². The van der Waals surface area contributed by atoms with E-state index in [1.54, 1.807) is 6.20 Å². The summed E-state index contributed by atoms with van der Waals surface area (Å²) in [6, 6.07) is 7.48. The van der Waals surface area contributed by atoms with E-state index in [9.17, 15) is 0 Å². The molecule has 0 unspecified atom stereocenters. The average molecular weight is 293 g/mol. The lowest BCUT2D eigenvalue weighted by Gasteiger charge is -2.10. The summed E-state index contributed by atoms with van der Waals surface area (Å²) in [6.07, 6.45) is 1.68. The number of nitrogens with one attached hydrogen (secondary N) is 2. The SMILES string of the molecule is Cc1ccnc(NC(=S)Nc2ccc(C)c(Cl)c2)n1. The molecule has 0 saturated carbocycles. The molecular formula is C13H13ClN4S. The van der Waals surface area contributed by atoms with Crippen molar-refractivity contribution in [1.29, 1.82) is 0 Å². The molecule has 2 N–H and O–H groups in total. The predicted octanol–water partition coefficient (Wildman–Crippen LogP) is 3.56. The molecule has 0 radical (unpaired) electrons. The molecule has 0 aliphatic heterocycles. The highest BCUT2D eigenvalue weighted by molar-refractivity contribution is 7.80. The Morgan fingerprint density at radius 3 is 2.68 bits per heavy atom. The van der Waals surface area contributed by atoms with Gasteiger partial charge in [0, 0.05) is 22.6 Å². The Morgan fingerprint density at radius 2 is 2.00 bits per heavy atom. The second kappa shape index (κ2) is 5.95. The standard InChI is InChI=1S/C13H13ClN4S/c1-8-3-4-10(7-11(8)14)17-13(19)18-12-15-6-5-9(2)16-12/h3-7H,1-2H3,(H2,15,16,17,18,19). The summed E-state index contributed by atoms with van der Waals surface area (Å²) < 4.78 is 0. The molecule has 0 aliphatic carbocycles. The zero-order chi connectivity index (χ0) is 13.8. The number of hydrogen-bond acceptors (Lipinski definition) is 3. The van der Waals surface area contributed by atoms with Crippen LogP contribution in [0.4, 0.5) is 11.6 Å². The largest absolute Gasteiger partial charge is 0.332 e. The monoisotopic (exact) mass is 292 g/mol. The first-order valence-corrected chi connectivity index (χ1v) is 6.47. The summed E-state index contributed by atoms with van der Waals surface area (Å²) in [4.78, 5) is 8.29. The van der Waals surface area contributed by atoms with E-state index in [-0.39, 0.29) is 0 Å². The van der Waals surface area contributed by atoms with Crippen molar-refractivity contribution in [3.63, 3.8) is 0 Å². The van der Waals surface area contributed by atoms with Crippen LogP contribution in [0.1, 0.15) is 11.3 Å². The van der Waals surface area contributed by atoms with Crippen molar-refractivity contribution in [2.75, 3.05) is 10.6 Å². The van der Waals surface area contributed by atoms with Gasteiger partial charge >= 0.3 is 0 Å². The minimum atomic E-state index is 0.422. The predicted molar refractivity (Wildman–Crippen MR) is 82.8 cm³/mol. The van der Waals surface area contributed by atoms with Crippen LogP contribution < -0.4 is 10.6 Å². The van der Waals surface area contributed by atoms with Crippen molar-refractivity contribution < 1.29 is 0 Å². The fraction of sp³-hybridized carbons (Fsp3) is 0.154. The smallest absolute Gasteiger partial charge is 0.229 e. The molecule has 0 spiro atoms. The number of aromatic nitrogens is 2. The third-order valence-electron chi connectivity index (χ3n) is 2.45. The van der Waals surface area contributed by atoms with Gasteiger partial charge in [-0.2, -0.15) is 0 Å². The van der Waals surface area contributed by atoms with Gasteiger partial charge in [0.2, 0.25) is 5.95 Å². The zero-order valence-corrected chi connectivity index (χ0v) is 12.1. The van der Waals surface area contributed by atoms with Crippen molar-refractivity contribution in [3.8, 4) is 0 Å². The fourth-order valence-electron chi connectivity index (χ4n) is 1.44. The third kappa shape index (κ3) is 3.87. The Kier molecular flexibility index (Phi) is 4.29. The number of rotatable bonds is 2. The Balaban J connectivity index is 2.03. The van der Waals surface area contributed by atoms with Crippen LogP contribution in [-0.2, 0) is 0 Å². The second-order valence-corrected chi connectivity index (χ2v) is 4.88. The molecule has 6 heteroatoms. The summed E-state index contributed by atoms with van der Waals surface area (Å²) in [5, 5.41) is 7.07. The molecule has 4 nitrogen and oxygen atoms in total. The number of nitrogens with zero attached hydrogens (tertiary/aromatic N) is 2. The van der Waals surface area contributed by atoms with Crippen LogP contribution in [0, 0.1) is 13.8 Å². The molecular weight excluding hydrogens is 280 g/mol. The van der Waals surface area contributed by atoms with Crippen LogP contribution in [0.15, 0.2) is 30.5 Å². The normalized spacial score (nSPS) is 10.1. The molecule has 0 aliphatic rings. The number of halogens is 1. The third-order valence-corrected chi connectivity index (χ3v) is 3.06. The minimum absolute atomic E-state index is 0.422. The molecule has 98 valence electrons. The van der Waals surface area contributed by atoms with E-state index >= 15 is 0 Å². The highest BCUT2D eigenvalue weighted by Gasteiger charge is 2.03. The van der Waals surface area contributed by atoms with E-state index in [1.165, 1.54) is 0 Å². The maximum absolute atomic E-state index is 6.05. The molecule has 0 bridgehead atoms. The molecule has 1 aromatic carbocycles. The highest BCUT2D eigenvalue weighted by Crippen LogP contribution is 2.20. The van der Waals surface area contributed by atoms with Gasteiger partial charge < -0.3 is 10.6 Å². The van der Waals surface area contributed by atoms with Crippen molar-refractivity contribution in [1.82, 2.24) is 9.97 Å². The molecule has 2 rings (SSSR count). The Morgan fingerprint density at radius 1 is 1.21 bits per heavy atom.